The van der Waals surface area contributed by atoms with Gasteiger partial charge < -0.3 is 20.3 Å². The van der Waals surface area contributed by atoms with Gasteiger partial charge >= 0.3 is 5.69 Å². The molecule has 198 valence electrons. The van der Waals surface area contributed by atoms with Crippen molar-refractivity contribution in [1.29, 1.82) is 0 Å². The molecular formula is C29H31ClFN5O2. The summed E-state index contributed by atoms with van der Waals surface area (Å²) in [5.74, 6) is 0.696. The normalized spacial score (nSPS) is 21.6. The third kappa shape index (κ3) is 4.48. The van der Waals surface area contributed by atoms with E-state index in [9.17, 15) is 14.3 Å². The number of pyridine rings is 1. The molecule has 1 aliphatic rings. The van der Waals surface area contributed by atoms with Gasteiger partial charge in [0.1, 0.15) is 17.4 Å². The highest BCUT2D eigenvalue weighted by atomic mass is 35.5. The summed E-state index contributed by atoms with van der Waals surface area (Å²) in [6.45, 7) is 7.88. The number of rotatable bonds is 4. The second kappa shape index (κ2) is 9.60. The van der Waals surface area contributed by atoms with Gasteiger partial charge in [-0.25, -0.2) is 14.2 Å². The summed E-state index contributed by atoms with van der Waals surface area (Å²) in [5, 5.41) is 11.6. The molecule has 3 N–H and O–H groups in total. The van der Waals surface area contributed by atoms with Crippen LogP contribution in [0, 0.1) is 17.7 Å². The van der Waals surface area contributed by atoms with Crippen LogP contribution in [0.3, 0.4) is 0 Å². The summed E-state index contributed by atoms with van der Waals surface area (Å²) in [5.41, 5.74) is 8.35. The second-order valence-electron chi connectivity index (χ2n) is 10.6. The number of piperidine rings is 1. The molecule has 0 radical (unpaired) electrons. The van der Waals surface area contributed by atoms with E-state index in [1.165, 1.54) is 21.3 Å². The molecule has 2 unspecified atom stereocenters. The number of aromatic hydroxyl groups is 1. The molecule has 2 aromatic heterocycles. The predicted molar refractivity (Wildman–Crippen MR) is 149 cm³/mol. The maximum atomic E-state index is 14.9. The molecule has 0 saturated carbocycles. The Labute approximate surface area is 225 Å². The summed E-state index contributed by atoms with van der Waals surface area (Å²) >= 11 is 6.53. The van der Waals surface area contributed by atoms with Crippen LogP contribution in [-0.4, -0.2) is 37.9 Å². The zero-order valence-electron chi connectivity index (χ0n) is 21.8. The highest BCUT2D eigenvalue weighted by Crippen LogP contribution is 2.41. The Morgan fingerprint density at radius 3 is 2.26 bits per heavy atom. The molecule has 38 heavy (non-hydrogen) atoms. The lowest BCUT2D eigenvalue weighted by Gasteiger charge is -2.47. The Kier molecular flexibility index (Phi) is 6.57. The van der Waals surface area contributed by atoms with E-state index in [1.807, 2.05) is 6.07 Å². The van der Waals surface area contributed by atoms with Crippen LogP contribution in [0.4, 0.5) is 10.2 Å². The maximum absolute atomic E-state index is 14.9. The van der Waals surface area contributed by atoms with Crippen LogP contribution >= 0.6 is 11.6 Å². The van der Waals surface area contributed by atoms with Crippen LogP contribution in [-0.2, 0) is 7.05 Å². The highest BCUT2D eigenvalue weighted by Gasteiger charge is 2.39. The van der Waals surface area contributed by atoms with Crippen molar-refractivity contribution >= 4 is 17.4 Å². The minimum absolute atomic E-state index is 0.0702. The van der Waals surface area contributed by atoms with Crippen LogP contribution in [0.25, 0.3) is 27.9 Å². The Bertz CT molecular complexity index is 1560. The molecule has 5 rings (SSSR count). The average Bonchev–Trinajstić information content (AvgIpc) is 3.21. The maximum Gasteiger partial charge on any atom is 0.332 e. The topological polar surface area (TPSA) is 89.3 Å². The van der Waals surface area contributed by atoms with Crippen LogP contribution in [0.2, 0.25) is 5.02 Å². The lowest BCUT2D eigenvalue weighted by Crippen LogP contribution is -2.60. The van der Waals surface area contributed by atoms with Crippen molar-refractivity contribution < 1.29 is 9.50 Å². The van der Waals surface area contributed by atoms with Gasteiger partial charge in [0.05, 0.1) is 10.7 Å². The number of nitrogens with two attached hydrogens (primary N) is 1. The number of benzene rings is 2. The van der Waals surface area contributed by atoms with Gasteiger partial charge in [-0.15, -0.1) is 0 Å². The van der Waals surface area contributed by atoms with Crippen molar-refractivity contribution in [3.8, 4) is 33.7 Å². The fourth-order valence-electron chi connectivity index (χ4n) is 5.12. The summed E-state index contributed by atoms with van der Waals surface area (Å²) in [6.07, 6.45) is 4.93. The quantitative estimate of drug-likeness (QED) is 0.374. The van der Waals surface area contributed by atoms with E-state index < -0.39 is 5.82 Å². The number of nitrogens with zero attached hydrogens (tertiary/aromatic N) is 4. The summed E-state index contributed by atoms with van der Waals surface area (Å²) in [4.78, 5) is 19.1. The van der Waals surface area contributed by atoms with Gasteiger partial charge in [-0.1, -0.05) is 31.5 Å². The average molecular weight is 536 g/mol. The number of hydrogen-bond donors (Lipinski definition) is 2. The minimum Gasteiger partial charge on any atom is -0.507 e. The zero-order valence-corrected chi connectivity index (χ0v) is 22.6. The van der Waals surface area contributed by atoms with E-state index >= 15 is 0 Å². The fourth-order valence-corrected chi connectivity index (χ4v) is 5.39. The van der Waals surface area contributed by atoms with E-state index in [0.717, 1.165) is 18.9 Å². The molecule has 3 heterocycles. The van der Waals surface area contributed by atoms with E-state index in [0.29, 0.717) is 33.0 Å². The van der Waals surface area contributed by atoms with E-state index in [4.69, 9.17) is 17.3 Å². The molecule has 1 saturated heterocycles. The predicted octanol–water partition coefficient (Wildman–Crippen LogP) is 5.21. The van der Waals surface area contributed by atoms with Gasteiger partial charge in [0.25, 0.3) is 0 Å². The smallest absolute Gasteiger partial charge is 0.332 e. The van der Waals surface area contributed by atoms with Crippen LogP contribution in [0.1, 0.15) is 20.8 Å². The van der Waals surface area contributed by atoms with Crippen molar-refractivity contribution in [1.82, 2.24) is 14.1 Å². The molecule has 0 bridgehead atoms. The monoisotopic (exact) mass is 535 g/mol. The van der Waals surface area contributed by atoms with Gasteiger partial charge in [0, 0.05) is 55.4 Å². The molecule has 2 aromatic carbocycles. The van der Waals surface area contributed by atoms with Crippen molar-refractivity contribution in [3.05, 3.63) is 82.4 Å². The van der Waals surface area contributed by atoms with Crippen LogP contribution in [0.5, 0.6) is 5.75 Å². The molecular weight excluding hydrogens is 505 g/mol. The number of phenols is 1. The van der Waals surface area contributed by atoms with E-state index in [1.54, 1.807) is 49.9 Å². The summed E-state index contributed by atoms with van der Waals surface area (Å²) in [7, 11) is 1.65. The van der Waals surface area contributed by atoms with Crippen LogP contribution < -0.4 is 16.3 Å². The van der Waals surface area contributed by atoms with Crippen molar-refractivity contribution in [2.75, 3.05) is 18.0 Å². The molecule has 4 aromatic rings. The van der Waals surface area contributed by atoms with Crippen LogP contribution in [0.15, 0.2) is 65.8 Å². The highest BCUT2D eigenvalue weighted by molar-refractivity contribution is 6.32. The first-order chi connectivity index (χ1) is 18.0. The standard InChI is InChI=1S/C29H31ClFN5O2/c1-17-15-35(16-18(2)29(17,3)32)26-12-20(7-8-33-26)23-14-21(31)13-22(27(23)37)19-5-6-25(24(30)11-19)36-10-9-34(4)28(36)38/h5-14,17-18,37H,15-16,32H2,1-4H3. The number of halogens is 2. The number of aryl methyl sites for hydroxylation is 1. The number of imidazole rings is 1. The number of phenolic OH excluding ortho intramolecular Hbond substituents is 1. The van der Waals surface area contributed by atoms with Gasteiger partial charge in [-0.3, -0.25) is 4.57 Å². The molecule has 0 spiro atoms. The molecule has 1 aliphatic heterocycles. The third-order valence-corrected chi connectivity index (χ3v) is 8.34. The van der Waals surface area contributed by atoms with Crippen molar-refractivity contribution in [2.24, 2.45) is 24.6 Å². The largest absolute Gasteiger partial charge is 0.507 e. The number of hydrogen-bond acceptors (Lipinski definition) is 5. The number of aromatic nitrogens is 3. The van der Waals surface area contributed by atoms with Crippen molar-refractivity contribution in [3.63, 3.8) is 0 Å². The number of anilines is 1. The summed E-state index contributed by atoms with van der Waals surface area (Å²) < 4.78 is 17.8. The lowest BCUT2D eigenvalue weighted by atomic mass is 9.74. The van der Waals surface area contributed by atoms with E-state index in [2.05, 4.69) is 30.7 Å². The molecule has 2 atom stereocenters. The molecule has 1 fully saturated rings. The van der Waals surface area contributed by atoms with Gasteiger partial charge in [-0.2, -0.15) is 0 Å². The van der Waals surface area contributed by atoms with E-state index in [-0.39, 0.29) is 28.8 Å². The Morgan fingerprint density at radius 1 is 1.05 bits per heavy atom. The second-order valence-corrected chi connectivity index (χ2v) is 11.0. The van der Waals surface area contributed by atoms with Gasteiger partial charge in [-0.05, 0) is 66.3 Å². The molecule has 0 amide bonds. The molecule has 0 aliphatic carbocycles. The van der Waals surface area contributed by atoms with Crippen molar-refractivity contribution in [2.45, 2.75) is 26.3 Å². The first-order valence-electron chi connectivity index (χ1n) is 12.5. The molecule has 9 heteroatoms. The summed E-state index contributed by atoms with van der Waals surface area (Å²) in [6, 6.07) is 11.2. The zero-order chi connectivity index (χ0) is 27.4. The third-order valence-electron chi connectivity index (χ3n) is 8.03. The first kappa shape index (κ1) is 26.0. The first-order valence-corrected chi connectivity index (χ1v) is 12.9. The minimum atomic E-state index is -0.496. The van der Waals surface area contributed by atoms with Gasteiger partial charge in [0.2, 0.25) is 0 Å². The lowest BCUT2D eigenvalue weighted by molar-refractivity contribution is 0.189. The van der Waals surface area contributed by atoms with Gasteiger partial charge in [0.15, 0.2) is 0 Å². The molecule has 7 nitrogen and oxygen atoms in total. The Balaban J connectivity index is 1.52. The SMILES string of the molecule is CC1CN(c2cc(-c3cc(F)cc(-c4ccc(-n5ccn(C)c5=O)c(Cl)c4)c3O)ccn2)CC(C)C1(C)N. The fraction of sp³-hybridized carbons (Fsp3) is 0.310. The Hall–Kier alpha value is -3.62. The Morgan fingerprint density at radius 2 is 1.68 bits per heavy atom.